The molecule has 0 amide bonds. The monoisotopic (exact) mass is 259 g/mol. The lowest BCUT2D eigenvalue weighted by molar-refractivity contribution is -0.138. The molecule has 0 heterocycles. The molecule has 0 fully saturated rings. The minimum atomic E-state index is -3.09. The van der Waals surface area contributed by atoms with Gasteiger partial charge >= 0.3 is 5.97 Å². The highest BCUT2D eigenvalue weighted by molar-refractivity contribution is 9.08. The first-order valence-corrected chi connectivity index (χ1v) is 5.99. The maximum Gasteiger partial charge on any atom is 0.321 e. The molecule has 0 bridgehead atoms. The summed E-state index contributed by atoms with van der Waals surface area (Å²) in [7, 11) is -3.09. The highest BCUT2D eigenvalue weighted by Crippen LogP contribution is 1.98. The van der Waals surface area contributed by atoms with Crippen LogP contribution >= 0.6 is 16.1 Å². The fraction of sp³-hybridized carbons (Fsp3) is 0.800. The molecule has 0 spiro atoms. The van der Waals surface area contributed by atoms with Crippen LogP contribution in [0.5, 0.6) is 0 Å². The fourth-order valence-corrected chi connectivity index (χ4v) is 1.65. The molecule has 0 aromatic rings. The van der Waals surface area contributed by atoms with E-state index < -0.39 is 21.8 Å². The van der Waals surface area contributed by atoms with E-state index in [2.05, 4.69) is 20.5 Å². The summed E-state index contributed by atoms with van der Waals surface area (Å²) >= 11 is 2.76. The molecular formula is C5H10BrNO4S. The van der Waals surface area contributed by atoms with E-state index >= 15 is 0 Å². The van der Waals surface area contributed by atoms with Gasteiger partial charge in [-0.1, -0.05) is 0 Å². The number of hydrogen-bond donors (Lipinski definition) is 2. The topological polar surface area (TPSA) is 83.5 Å². The van der Waals surface area contributed by atoms with E-state index in [-0.39, 0.29) is 12.2 Å². The van der Waals surface area contributed by atoms with Crippen LogP contribution in [0.2, 0.25) is 0 Å². The van der Waals surface area contributed by atoms with E-state index in [4.69, 9.17) is 5.11 Å². The molecule has 0 aromatic heterocycles. The second-order valence-corrected chi connectivity index (χ2v) is 5.14. The van der Waals surface area contributed by atoms with Gasteiger partial charge in [-0.2, -0.15) is 0 Å². The van der Waals surface area contributed by atoms with Crippen LogP contribution in [0.4, 0.5) is 0 Å². The van der Waals surface area contributed by atoms with Gasteiger partial charge < -0.3 is 5.11 Å². The van der Waals surface area contributed by atoms with E-state index in [1.54, 1.807) is 0 Å². The van der Waals surface area contributed by atoms with Crippen molar-refractivity contribution in [2.75, 3.05) is 12.0 Å². The summed E-state index contributed by atoms with van der Waals surface area (Å²) < 4.78 is 23.6. The highest BCUT2D eigenvalue weighted by Gasteiger charge is 2.17. The first-order chi connectivity index (χ1) is 5.37. The maximum atomic E-state index is 10.6. The van der Waals surface area contributed by atoms with Crippen LogP contribution < -0.4 is 4.34 Å². The Balaban J connectivity index is 3.98. The Morgan fingerprint density at radius 3 is 2.42 bits per heavy atom. The van der Waals surface area contributed by atoms with E-state index in [1.807, 2.05) is 0 Å². The predicted molar refractivity (Wildman–Crippen MR) is 47.8 cm³/mol. The van der Waals surface area contributed by atoms with E-state index in [0.29, 0.717) is 0 Å². The van der Waals surface area contributed by atoms with Crippen LogP contribution in [0.25, 0.3) is 0 Å². The van der Waals surface area contributed by atoms with Crippen molar-refractivity contribution in [3.63, 3.8) is 0 Å². The van der Waals surface area contributed by atoms with Crippen molar-refractivity contribution in [2.45, 2.75) is 12.5 Å². The van der Waals surface area contributed by atoms with Crippen LogP contribution in [0.1, 0.15) is 6.42 Å². The lowest BCUT2D eigenvalue weighted by Crippen LogP contribution is -2.32. The molecule has 0 saturated carbocycles. The van der Waals surface area contributed by atoms with Gasteiger partial charge in [0.1, 0.15) is 15.9 Å². The van der Waals surface area contributed by atoms with Crippen LogP contribution in [0, 0.1) is 0 Å². The molecule has 0 aliphatic rings. The normalized spacial score (nSPS) is 14.2. The van der Waals surface area contributed by atoms with E-state index in [1.165, 1.54) is 0 Å². The quantitative estimate of drug-likeness (QED) is 0.667. The molecule has 0 saturated heterocycles. The number of sulfone groups is 1. The van der Waals surface area contributed by atoms with Crippen LogP contribution in [-0.2, 0) is 14.6 Å². The molecule has 12 heavy (non-hydrogen) atoms. The number of carbonyl (C=O) groups is 1. The minimum absolute atomic E-state index is 0.0550. The standard InChI is InChI=1S/C5H10BrNO4S/c1-12(10,11)3-2-4(7-6)5(8)9/h4,7H,2-3H2,1H3,(H,8,9)/t4-/m0/s1. The van der Waals surface area contributed by atoms with Gasteiger partial charge in [-0.05, 0) is 6.42 Å². The van der Waals surface area contributed by atoms with Crippen molar-refractivity contribution in [3.05, 3.63) is 0 Å². The van der Waals surface area contributed by atoms with Crippen molar-refractivity contribution in [3.8, 4) is 0 Å². The molecule has 72 valence electrons. The van der Waals surface area contributed by atoms with E-state index in [0.717, 1.165) is 6.26 Å². The number of rotatable bonds is 5. The molecule has 0 aliphatic carbocycles. The smallest absolute Gasteiger partial charge is 0.321 e. The van der Waals surface area contributed by atoms with Crippen molar-refractivity contribution < 1.29 is 18.3 Å². The molecule has 5 nitrogen and oxygen atoms in total. The Kier molecular flexibility index (Phi) is 4.73. The van der Waals surface area contributed by atoms with Gasteiger partial charge in [-0.15, -0.1) is 0 Å². The van der Waals surface area contributed by atoms with E-state index in [9.17, 15) is 13.2 Å². The second kappa shape index (κ2) is 4.78. The zero-order chi connectivity index (χ0) is 9.78. The van der Waals surface area contributed by atoms with Gasteiger partial charge in [-0.25, -0.2) is 12.8 Å². The van der Waals surface area contributed by atoms with Crippen molar-refractivity contribution in [1.82, 2.24) is 4.34 Å². The molecule has 2 N–H and O–H groups in total. The van der Waals surface area contributed by atoms with Gasteiger partial charge in [0.25, 0.3) is 0 Å². The Bertz CT molecular complexity index is 250. The first kappa shape index (κ1) is 11.9. The molecule has 7 heteroatoms. The Hall–Kier alpha value is -0.140. The Morgan fingerprint density at radius 2 is 2.17 bits per heavy atom. The fourth-order valence-electron chi connectivity index (χ4n) is 0.557. The number of aliphatic carboxylic acids is 1. The third-order valence-corrected chi connectivity index (χ3v) is 2.74. The van der Waals surface area contributed by atoms with Gasteiger partial charge in [-0.3, -0.25) is 4.79 Å². The second-order valence-electron chi connectivity index (χ2n) is 2.42. The summed E-state index contributed by atoms with van der Waals surface area (Å²) in [6, 6.07) is -0.861. The molecule has 0 aliphatic heterocycles. The molecule has 0 aromatic carbocycles. The molecule has 0 unspecified atom stereocenters. The third kappa shape index (κ3) is 5.50. The van der Waals surface area contributed by atoms with Crippen molar-refractivity contribution in [1.29, 1.82) is 0 Å². The Labute approximate surface area is 79.4 Å². The maximum absolute atomic E-state index is 10.6. The lowest BCUT2D eigenvalue weighted by Gasteiger charge is -2.07. The van der Waals surface area contributed by atoms with Gasteiger partial charge in [0.2, 0.25) is 0 Å². The summed E-state index contributed by atoms with van der Waals surface area (Å²) in [6.07, 6.45) is 1.12. The number of halogens is 1. The summed E-state index contributed by atoms with van der Waals surface area (Å²) in [4.78, 5) is 10.4. The zero-order valence-corrected chi connectivity index (χ0v) is 8.85. The molecule has 0 rings (SSSR count). The molecular weight excluding hydrogens is 250 g/mol. The zero-order valence-electron chi connectivity index (χ0n) is 6.45. The van der Waals surface area contributed by atoms with Crippen LogP contribution in [-0.4, -0.2) is 37.5 Å². The average molecular weight is 260 g/mol. The third-order valence-electron chi connectivity index (χ3n) is 1.21. The minimum Gasteiger partial charge on any atom is -0.480 e. The molecule has 1 atom stereocenters. The number of carboxylic acids is 1. The van der Waals surface area contributed by atoms with Crippen LogP contribution in [0.3, 0.4) is 0 Å². The van der Waals surface area contributed by atoms with Gasteiger partial charge in [0.15, 0.2) is 0 Å². The average Bonchev–Trinajstić information content (AvgIpc) is 1.85. The lowest BCUT2D eigenvalue weighted by atomic mass is 10.2. The van der Waals surface area contributed by atoms with Crippen molar-refractivity contribution >= 4 is 32.0 Å². The first-order valence-electron chi connectivity index (χ1n) is 3.13. The number of hydrogen-bond acceptors (Lipinski definition) is 4. The van der Waals surface area contributed by atoms with Crippen molar-refractivity contribution in [2.24, 2.45) is 0 Å². The van der Waals surface area contributed by atoms with Crippen LogP contribution in [0.15, 0.2) is 0 Å². The van der Waals surface area contributed by atoms with Gasteiger partial charge in [0, 0.05) is 22.4 Å². The summed E-state index contributed by atoms with van der Waals surface area (Å²) in [5, 5.41) is 8.48. The largest absolute Gasteiger partial charge is 0.480 e. The SMILES string of the molecule is CS(=O)(=O)CC[C@H](NBr)C(=O)O. The number of carboxylic acid groups (broad SMARTS) is 1. The number of nitrogens with one attached hydrogen (secondary N) is 1. The predicted octanol–water partition coefficient (Wildman–Crippen LogP) is -0.226. The summed E-state index contributed by atoms with van der Waals surface area (Å²) in [5.41, 5.74) is 0. The highest BCUT2D eigenvalue weighted by atomic mass is 79.9. The molecule has 0 radical (unpaired) electrons. The Morgan fingerprint density at radius 1 is 1.67 bits per heavy atom. The summed E-state index contributed by atoms with van der Waals surface area (Å²) in [5.74, 6) is -1.21. The summed E-state index contributed by atoms with van der Waals surface area (Å²) in [6.45, 7) is 0. The van der Waals surface area contributed by atoms with Gasteiger partial charge in [0.05, 0.1) is 5.75 Å².